The van der Waals surface area contributed by atoms with Crippen LogP contribution in [0.2, 0.25) is 0 Å². The zero-order valence-electron chi connectivity index (χ0n) is 15.0. The number of hydrogen-bond acceptors (Lipinski definition) is 5. The fourth-order valence-corrected chi connectivity index (χ4v) is 3.98. The van der Waals surface area contributed by atoms with Crippen molar-refractivity contribution in [3.8, 4) is 0 Å². The first kappa shape index (κ1) is 18.1. The summed E-state index contributed by atoms with van der Waals surface area (Å²) in [6.45, 7) is 4.25. The van der Waals surface area contributed by atoms with Crippen molar-refractivity contribution >= 4 is 11.7 Å². The van der Waals surface area contributed by atoms with Gasteiger partial charge in [0.25, 0.3) is 0 Å². The molecule has 138 valence electrons. The van der Waals surface area contributed by atoms with Crippen LogP contribution >= 0.6 is 0 Å². The molecule has 1 aromatic rings. The molecule has 0 radical (unpaired) electrons. The molecule has 2 fully saturated rings. The number of hydrogen-bond donors (Lipinski definition) is 2. The molecule has 3 N–H and O–H groups in total. The Kier molecular flexibility index (Phi) is 6.26. The second-order valence-electron chi connectivity index (χ2n) is 7.30. The Balaban J connectivity index is 1.58. The summed E-state index contributed by atoms with van der Waals surface area (Å²) in [6.07, 6.45) is 8.13. The van der Waals surface area contributed by atoms with Crippen LogP contribution in [-0.2, 0) is 16.1 Å². The van der Waals surface area contributed by atoms with Gasteiger partial charge in [-0.25, -0.2) is 4.98 Å². The van der Waals surface area contributed by atoms with Crippen LogP contribution in [0.5, 0.6) is 0 Å². The lowest BCUT2D eigenvalue weighted by atomic mass is 9.71. The molecule has 1 saturated carbocycles. The van der Waals surface area contributed by atoms with Crippen molar-refractivity contribution in [2.24, 2.45) is 11.1 Å². The summed E-state index contributed by atoms with van der Waals surface area (Å²) in [4.78, 5) is 19.3. The van der Waals surface area contributed by atoms with Gasteiger partial charge in [-0.2, -0.15) is 0 Å². The van der Waals surface area contributed by atoms with Crippen molar-refractivity contribution in [2.75, 3.05) is 37.7 Å². The van der Waals surface area contributed by atoms with Gasteiger partial charge in [-0.3, -0.25) is 4.79 Å². The number of nitrogens with one attached hydrogen (secondary N) is 1. The van der Waals surface area contributed by atoms with Crippen LogP contribution < -0.4 is 16.0 Å². The van der Waals surface area contributed by atoms with E-state index in [1.807, 2.05) is 18.3 Å². The number of pyridine rings is 1. The number of amides is 1. The minimum atomic E-state index is 0.00428. The average molecular weight is 346 g/mol. The van der Waals surface area contributed by atoms with E-state index < -0.39 is 0 Å². The van der Waals surface area contributed by atoms with E-state index in [1.165, 1.54) is 19.3 Å². The topological polar surface area (TPSA) is 80.5 Å². The van der Waals surface area contributed by atoms with E-state index in [1.54, 1.807) is 0 Å². The highest BCUT2D eigenvalue weighted by atomic mass is 16.5. The third-order valence-electron chi connectivity index (χ3n) is 5.54. The van der Waals surface area contributed by atoms with Crippen molar-refractivity contribution < 1.29 is 9.53 Å². The predicted molar refractivity (Wildman–Crippen MR) is 98.3 cm³/mol. The molecule has 0 spiro atoms. The molecule has 1 amide bonds. The minimum absolute atomic E-state index is 0.00428. The number of carbonyl (C=O) groups excluding carboxylic acids is 1. The monoisotopic (exact) mass is 346 g/mol. The van der Waals surface area contributed by atoms with Crippen molar-refractivity contribution in [1.29, 1.82) is 0 Å². The molecule has 3 rings (SSSR count). The van der Waals surface area contributed by atoms with E-state index in [9.17, 15) is 4.79 Å². The van der Waals surface area contributed by atoms with Crippen LogP contribution in [0.4, 0.5) is 5.82 Å². The van der Waals surface area contributed by atoms with E-state index in [0.717, 1.165) is 50.5 Å². The summed E-state index contributed by atoms with van der Waals surface area (Å²) >= 11 is 0. The first-order valence-corrected chi connectivity index (χ1v) is 9.46. The fraction of sp³-hybridized carbons (Fsp3) is 0.684. The number of rotatable bonds is 6. The fourth-order valence-electron chi connectivity index (χ4n) is 3.98. The van der Waals surface area contributed by atoms with Gasteiger partial charge in [0, 0.05) is 37.8 Å². The largest absolute Gasteiger partial charge is 0.378 e. The highest BCUT2D eigenvalue weighted by Gasteiger charge is 2.32. The number of anilines is 1. The van der Waals surface area contributed by atoms with Crippen molar-refractivity contribution in [3.63, 3.8) is 0 Å². The Bertz CT molecular complexity index is 566. The third kappa shape index (κ3) is 4.70. The summed E-state index contributed by atoms with van der Waals surface area (Å²) in [7, 11) is 0. The smallest absolute Gasteiger partial charge is 0.220 e. The summed E-state index contributed by atoms with van der Waals surface area (Å²) in [6, 6.07) is 3.96. The molecule has 0 bridgehead atoms. The van der Waals surface area contributed by atoms with Crippen LogP contribution in [0.15, 0.2) is 18.3 Å². The normalized spacial score (nSPS) is 20.3. The maximum atomic E-state index is 12.5. The zero-order valence-corrected chi connectivity index (χ0v) is 15.0. The summed E-state index contributed by atoms with van der Waals surface area (Å²) in [5, 5.41) is 3.09. The molecule has 0 atom stereocenters. The number of nitrogens with two attached hydrogens (primary N) is 1. The van der Waals surface area contributed by atoms with Gasteiger partial charge >= 0.3 is 0 Å². The second-order valence-corrected chi connectivity index (χ2v) is 7.30. The van der Waals surface area contributed by atoms with Crippen molar-refractivity contribution in [2.45, 2.75) is 45.1 Å². The minimum Gasteiger partial charge on any atom is -0.378 e. The SMILES string of the molecule is NCC1(CC(=O)NCc2cccnc2N2CCOCC2)CCCCC1. The van der Waals surface area contributed by atoms with Gasteiger partial charge in [0.2, 0.25) is 5.91 Å². The summed E-state index contributed by atoms with van der Waals surface area (Å²) < 4.78 is 5.42. The molecule has 6 nitrogen and oxygen atoms in total. The number of carbonyl (C=O) groups is 1. The van der Waals surface area contributed by atoms with Crippen molar-refractivity contribution in [1.82, 2.24) is 10.3 Å². The predicted octanol–water partition coefficient (Wildman–Crippen LogP) is 1.83. The number of morpholine rings is 1. The standard InChI is InChI=1S/C19H30N4O2/c20-15-19(6-2-1-3-7-19)13-17(24)22-14-16-5-4-8-21-18(16)23-9-11-25-12-10-23/h4-5,8H,1-3,6-7,9-15,20H2,(H,22,24). The lowest BCUT2D eigenvalue weighted by molar-refractivity contribution is -0.124. The maximum absolute atomic E-state index is 12.5. The Labute approximate surface area is 150 Å². The molecule has 1 aromatic heterocycles. The molecule has 1 saturated heterocycles. The lowest BCUT2D eigenvalue weighted by Gasteiger charge is -2.35. The Morgan fingerprint density at radius 3 is 2.76 bits per heavy atom. The van der Waals surface area contributed by atoms with E-state index in [0.29, 0.717) is 19.5 Å². The van der Waals surface area contributed by atoms with E-state index in [4.69, 9.17) is 10.5 Å². The third-order valence-corrected chi connectivity index (χ3v) is 5.54. The quantitative estimate of drug-likeness (QED) is 0.821. The molecular formula is C19H30N4O2. The molecule has 1 aliphatic heterocycles. The van der Waals surface area contributed by atoms with Crippen LogP contribution in [-0.4, -0.2) is 43.7 Å². The highest BCUT2D eigenvalue weighted by Crippen LogP contribution is 2.38. The highest BCUT2D eigenvalue weighted by molar-refractivity contribution is 5.77. The maximum Gasteiger partial charge on any atom is 0.220 e. The zero-order chi connectivity index (χ0) is 17.5. The van der Waals surface area contributed by atoms with Gasteiger partial charge in [0.05, 0.1) is 13.2 Å². The number of ether oxygens (including phenoxy) is 1. The molecule has 2 aliphatic rings. The van der Waals surface area contributed by atoms with E-state index >= 15 is 0 Å². The molecule has 0 unspecified atom stereocenters. The summed E-state index contributed by atoms with van der Waals surface area (Å²) in [5.41, 5.74) is 7.07. The van der Waals surface area contributed by atoms with E-state index in [-0.39, 0.29) is 11.3 Å². The van der Waals surface area contributed by atoms with Gasteiger partial charge in [0.15, 0.2) is 0 Å². The molecule has 2 heterocycles. The lowest BCUT2D eigenvalue weighted by Crippen LogP contribution is -2.39. The van der Waals surface area contributed by atoms with Crippen LogP contribution in [0.3, 0.4) is 0 Å². The van der Waals surface area contributed by atoms with E-state index in [2.05, 4.69) is 15.2 Å². The molecule has 1 aliphatic carbocycles. The first-order chi connectivity index (χ1) is 12.2. The first-order valence-electron chi connectivity index (χ1n) is 9.46. The van der Waals surface area contributed by atoms with Gasteiger partial charge in [-0.05, 0) is 30.9 Å². The Morgan fingerprint density at radius 2 is 2.04 bits per heavy atom. The Hall–Kier alpha value is -1.66. The second kappa shape index (κ2) is 8.63. The molecule has 25 heavy (non-hydrogen) atoms. The molecule has 0 aromatic carbocycles. The number of aromatic nitrogens is 1. The molecule has 6 heteroatoms. The van der Waals surface area contributed by atoms with Crippen LogP contribution in [0, 0.1) is 5.41 Å². The Morgan fingerprint density at radius 1 is 1.28 bits per heavy atom. The van der Waals surface area contributed by atoms with Gasteiger partial charge in [-0.1, -0.05) is 25.3 Å². The molecular weight excluding hydrogens is 316 g/mol. The van der Waals surface area contributed by atoms with Crippen LogP contribution in [0.25, 0.3) is 0 Å². The van der Waals surface area contributed by atoms with Crippen molar-refractivity contribution in [3.05, 3.63) is 23.9 Å². The van der Waals surface area contributed by atoms with Gasteiger partial charge < -0.3 is 20.7 Å². The van der Waals surface area contributed by atoms with Gasteiger partial charge in [-0.15, -0.1) is 0 Å². The van der Waals surface area contributed by atoms with Crippen LogP contribution in [0.1, 0.15) is 44.1 Å². The number of nitrogens with zero attached hydrogens (tertiary/aromatic N) is 2. The average Bonchev–Trinajstić information content (AvgIpc) is 2.68. The summed E-state index contributed by atoms with van der Waals surface area (Å²) in [5.74, 6) is 1.06. The van der Waals surface area contributed by atoms with Gasteiger partial charge in [0.1, 0.15) is 5.82 Å².